The fraction of sp³-hybridized carbons (Fsp3) is 0.320. The van der Waals surface area contributed by atoms with E-state index < -0.39 is 0 Å². The molecular weight excluding hydrogens is 454 g/mol. The van der Waals surface area contributed by atoms with Gasteiger partial charge >= 0.3 is 0 Å². The van der Waals surface area contributed by atoms with Crippen molar-refractivity contribution >= 4 is 35.2 Å². The van der Waals surface area contributed by atoms with Crippen LogP contribution in [0, 0.1) is 0 Å². The van der Waals surface area contributed by atoms with Crippen LogP contribution in [0.1, 0.15) is 16.4 Å². The van der Waals surface area contributed by atoms with Crippen molar-refractivity contribution in [3.8, 4) is 0 Å². The third-order valence-electron chi connectivity index (χ3n) is 5.61. The Balaban J connectivity index is 1.22. The molecule has 1 unspecified atom stereocenters. The minimum atomic E-state index is 0.0613. The first-order valence-electron chi connectivity index (χ1n) is 11.1. The van der Waals surface area contributed by atoms with Crippen LogP contribution in [0.4, 0.5) is 5.95 Å². The van der Waals surface area contributed by atoms with Gasteiger partial charge in [0.15, 0.2) is 0 Å². The second-order valence-electron chi connectivity index (χ2n) is 7.88. The molecule has 1 aliphatic heterocycles. The van der Waals surface area contributed by atoms with Gasteiger partial charge in [-0.15, -0.1) is 11.8 Å². The van der Waals surface area contributed by atoms with E-state index in [-0.39, 0.29) is 11.2 Å². The molecule has 0 radical (unpaired) electrons. The fourth-order valence-corrected chi connectivity index (χ4v) is 5.09. The van der Waals surface area contributed by atoms with Gasteiger partial charge < -0.3 is 10.2 Å². The van der Waals surface area contributed by atoms with Crippen LogP contribution in [-0.2, 0) is 4.79 Å². The Morgan fingerprint density at radius 2 is 1.61 bits per heavy atom. The number of hydrogen-bond acceptors (Lipinski definition) is 6. The third-order valence-corrected chi connectivity index (χ3v) is 7.17. The summed E-state index contributed by atoms with van der Waals surface area (Å²) in [6.45, 7) is 5.17. The zero-order chi connectivity index (χ0) is 22.9. The summed E-state index contributed by atoms with van der Waals surface area (Å²) in [6, 6.07) is 20.0. The Bertz CT molecular complexity index is 998. The quantitative estimate of drug-likeness (QED) is 0.500. The molecule has 4 rings (SSSR count). The largest absolute Gasteiger partial charge is 0.354 e. The number of rotatable bonds is 9. The number of anilines is 1. The second kappa shape index (κ2) is 12.0. The molecule has 172 valence electrons. The molecule has 0 aliphatic carbocycles. The Morgan fingerprint density at radius 1 is 0.939 bits per heavy atom. The van der Waals surface area contributed by atoms with Crippen LogP contribution in [0.3, 0.4) is 0 Å². The van der Waals surface area contributed by atoms with E-state index in [0.29, 0.717) is 17.3 Å². The molecule has 6 nitrogen and oxygen atoms in total. The normalized spacial score (nSPS) is 15.2. The molecule has 2 heterocycles. The number of aromatic nitrogens is 2. The standard InChI is InChI=1S/C25H28ClN5OS/c26-22-9-7-21(8-10-22)24(20-5-2-1-3-6-20)33-19-23(32)27-13-14-30-15-17-31(18-16-30)25-28-11-4-12-29-25/h1-12,24H,13-19H2,(H,27,32). The van der Waals surface area contributed by atoms with Crippen LogP contribution < -0.4 is 10.2 Å². The average molecular weight is 482 g/mol. The number of benzene rings is 2. The molecule has 1 saturated heterocycles. The first-order chi connectivity index (χ1) is 16.2. The predicted molar refractivity (Wildman–Crippen MR) is 136 cm³/mol. The summed E-state index contributed by atoms with van der Waals surface area (Å²) in [5.74, 6) is 1.25. The molecule has 1 N–H and O–H groups in total. The van der Waals surface area contributed by atoms with Crippen molar-refractivity contribution < 1.29 is 4.79 Å². The van der Waals surface area contributed by atoms with Crippen molar-refractivity contribution in [3.63, 3.8) is 0 Å². The zero-order valence-electron chi connectivity index (χ0n) is 18.4. The van der Waals surface area contributed by atoms with Crippen LogP contribution in [-0.4, -0.2) is 65.8 Å². The van der Waals surface area contributed by atoms with Gasteiger partial charge in [-0.25, -0.2) is 9.97 Å². The monoisotopic (exact) mass is 481 g/mol. The van der Waals surface area contributed by atoms with Gasteiger partial charge in [0.2, 0.25) is 11.9 Å². The van der Waals surface area contributed by atoms with E-state index in [1.165, 1.54) is 5.56 Å². The molecule has 0 bridgehead atoms. The van der Waals surface area contributed by atoms with Gasteiger partial charge in [-0.3, -0.25) is 9.69 Å². The molecule has 0 spiro atoms. The van der Waals surface area contributed by atoms with Crippen molar-refractivity contribution in [2.45, 2.75) is 5.25 Å². The molecule has 33 heavy (non-hydrogen) atoms. The SMILES string of the molecule is O=C(CSC(c1ccccc1)c1ccc(Cl)cc1)NCCN1CCN(c2ncccn2)CC1. The molecule has 2 aromatic carbocycles. The van der Waals surface area contributed by atoms with Crippen molar-refractivity contribution in [1.29, 1.82) is 0 Å². The summed E-state index contributed by atoms with van der Waals surface area (Å²) in [7, 11) is 0. The lowest BCUT2D eigenvalue weighted by molar-refractivity contribution is -0.118. The van der Waals surface area contributed by atoms with E-state index in [4.69, 9.17) is 11.6 Å². The lowest BCUT2D eigenvalue weighted by Gasteiger charge is -2.34. The van der Waals surface area contributed by atoms with Gasteiger partial charge in [-0.05, 0) is 29.3 Å². The van der Waals surface area contributed by atoms with Gasteiger partial charge in [-0.1, -0.05) is 54.1 Å². The highest BCUT2D eigenvalue weighted by Gasteiger charge is 2.19. The molecular formula is C25H28ClN5OS. The molecule has 8 heteroatoms. The summed E-state index contributed by atoms with van der Waals surface area (Å²) in [6.07, 6.45) is 3.55. The van der Waals surface area contributed by atoms with Crippen molar-refractivity contribution in [2.24, 2.45) is 0 Å². The van der Waals surface area contributed by atoms with Crippen LogP contribution in [0.2, 0.25) is 5.02 Å². The van der Waals surface area contributed by atoms with E-state index in [9.17, 15) is 4.79 Å². The fourth-order valence-electron chi connectivity index (χ4n) is 3.84. The number of thioether (sulfide) groups is 1. The second-order valence-corrected chi connectivity index (χ2v) is 9.41. The molecule has 1 aromatic heterocycles. The summed E-state index contributed by atoms with van der Waals surface area (Å²) < 4.78 is 0. The van der Waals surface area contributed by atoms with Gasteiger partial charge in [0, 0.05) is 56.7 Å². The Labute approximate surface area is 204 Å². The Morgan fingerprint density at radius 3 is 2.30 bits per heavy atom. The maximum absolute atomic E-state index is 12.5. The zero-order valence-corrected chi connectivity index (χ0v) is 20.0. The van der Waals surface area contributed by atoms with Crippen molar-refractivity contribution in [2.75, 3.05) is 49.9 Å². The van der Waals surface area contributed by atoms with Crippen LogP contribution in [0.25, 0.3) is 0 Å². The van der Waals surface area contributed by atoms with E-state index in [0.717, 1.165) is 44.2 Å². The summed E-state index contributed by atoms with van der Waals surface area (Å²) in [4.78, 5) is 25.8. The minimum Gasteiger partial charge on any atom is -0.354 e. The number of carbonyl (C=O) groups is 1. The van der Waals surface area contributed by atoms with Crippen molar-refractivity contribution in [3.05, 3.63) is 89.2 Å². The summed E-state index contributed by atoms with van der Waals surface area (Å²) in [5, 5.41) is 3.88. The lowest BCUT2D eigenvalue weighted by atomic mass is 10.0. The van der Waals surface area contributed by atoms with E-state index in [1.807, 2.05) is 48.5 Å². The van der Waals surface area contributed by atoms with Gasteiger partial charge in [0.1, 0.15) is 0 Å². The molecule has 3 aromatic rings. The van der Waals surface area contributed by atoms with E-state index in [2.05, 4.69) is 37.2 Å². The maximum Gasteiger partial charge on any atom is 0.230 e. The predicted octanol–water partition coefficient (Wildman–Crippen LogP) is 3.89. The topological polar surface area (TPSA) is 61.4 Å². The number of nitrogens with one attached hydrogen (secondary N) is 1. The molecule has 0 saturated carbocycles. The van der Waals surface area contributed by atoms with E-state index in [1.54, 1.807) is 24.2 Å². The highest BCUT2D eigenvalue weighted by atomic mass is 35.5. The maximum atomic E-state index is 12.5. The number of carbonyl (C=O) groups excluding carboxylic acids is 1. The van der Waals surface area contributed by atoms with Gasteiger partial charge in [0.05, 0.1) is 11.0 Å². The van der Waals surface area contributed by atoms with Crippen LogP contribution >= 0.6 is 23.4 Å². The Hall–Kier alpha value is -2.61. The van der Waals surface area contributed by atoms with E-state index >= 15 is 0 Å². The number of hydrogen-bond donors (Lipinski definition) is 1. The third kappa shape index (κ3) is 6.93. The van der Waals surface area contributed by atoms with Crippen molar-refractivity contribution in [1.82, 2.24) is 20.2 Å². The Kier molecular flexibility index (Phi) is 8.58. The molecule has 1 fully saturated rings. The summed E-state index contributed by atoms with van der Waals surface area (Å²) in [5.41, 5.74) is 2.32. The number of halogens is 1. The highest BCUT2D eigenvalue weighted by molar-refractivity contribution is 8.00. The highest BCUT2D eigenvalue weighted by Crippen LogP contribution is 2.35. The smallest absolute Gasteiger partial charge is 0.230 e. The van der Waals surface area contributed by atoms with Crippen LogP contribution in [0.15, 0.2) is 73.1 Å². The number of amides is 1. The molecule has 1 amide bonds. The first kappa shape index (κ1) is 23.5. The lowest BCUT2D eigenvalue weighted by Crippen LogP contribution is -2.49. The average Bonchev–Trinajstić information content (AvgIpc) is 2.87. The number of nitrogens with zero attached hydrogens (tertiary/aromatic N) is 4. The molecule has 1 atom stereocenters. The van der Waals surface area contributed by atoms with Crippen LogP contribution in [0.5, 0.6) is 0 Å². The molecule has 1 aliphatic rings. The first-order valence-corrected chi connectivity index (χ1v) is 12.5. The number of piperazine rings is 1. The van der Waals surface area contributed by atoms with Gasteiger partial charge in [0.25, 0.3) is 0 Å². The van der Waals surface area contributed by atoms with Gasteiger partial charge in [-0.2, -0.15) is 0 Å². The summed E-state index contributed by atoms with van der Waals surface area (Å²) >= 11 is 7.70. The minimum absolute atomic E-state index is 0.0613.